The van der Waals surface area contributed by atoms with Crippen molar-refractivity contribution >= 4 is 11.4 Å². The second kappa shape index (κ2) is 4.33. The average molecular weight is 254 g/mol. The number of benzene rings is 1. The molecule has 0 aromatic heterocycles. The van der Waals surface area contributed by atoms with E-state index in [0.717, 1.165) is 25.7 Å². The van der Waals surface area contributed by atoms with E-state index >= 15 is 0 Å². The number of Topliss-reactive ketones (excluding diaryl/α,β-unsaturated/α-hetero) is 1. The third-order valence-corrected chi connectivity index (χ3v) is 5.09. The molecule has 2 aliphatic carbocycles. The van der Waals surface area contributed by atoms with Crippen LogP contribution in [-0.4, -0.2) is 5.78 Å². The van der Waals surface area contributed by atoms with Crippen LogP contribution >= 0.6 is 0 Å². The summed E-state index contributed by atoms with van der Waals surface area (Å²) in [4.78, 5) is 11.6. The van der Waals surface area contributed by atoms with Crippen LogP contribution in [0, 0.1) is 5.92 Å². The van der Waals surface area contributed by atoms with Gasteiger partial charge in [-0.15, -0.1) is 0 Å². The summed E-state index contributed by atoms with van der Waals surface area (Å²) in [7, 11) is 0. The Kier molecular flexibility index (Phi) is 2.88. The molecule has 100 valence electrons. The van der Waals surface area contributed by atoms with Crippen molar-refractivity contribution in [1.82, 2.24) is 0 Å². The largest absolute Gasteiger partial charge is 0.300 e. The number of carbonyl (C=O) groups is 1. The Morgan fingerprint density at radius 1 is 1.11 bits per heavy atom. The molecule has 1 aromatic rings. The molecule has 0 unspecified atom stereocenters. The van der Waals surface area contributed by atoms with Crippen molar-refractivity contribution < 1.29 is 4.79 Å². The van der Waals surface area contributed by atoms with Gasteiger partial charge in [-0.05, 0) is 42.4 Å². The first-order chi connectivity index (χ1) is 9.06. The molecular weight excluding hydrogens is 232 g/mol. The van der Waals surface area contributed by atoms with Gasteiger partial charge in [0.2, 0.25) is 0 Å². The Balaban J connectivity index is 2.18. The summed E-state index contributed by atoms with van der Waals surface area (Å²) in [5.74, 6) is 0.993. The third-order valence-electron chi connectivity index (χ3n) is 5.09. The first kappa shape index (κ1) is 12.7. The molecule has 0 saturated heterocycles. The number of hydrogen-bond acceptors (Lipinski definition) is 1. The Morgan fingerprint density at radius 2 is 1.74 bits per heavy atom. The minimum atomic E-state index is 0.157. The van der Waals surface area contributed by atoms with Gasteiger partial charge in [0.05, 0.1) is 0 Å². The van der Waals surface area contributed by atoms with Crippen molar-refractivity contribution in [2.75, 3.05) is 0 Å². The molecular formula is C18H22O. The zero-order valence-electron chi connectivity index (χ0n) is 12.1. The molecule has 0 aliphatic heterocycles. The summed E-state index contributed by atoms with van der Waals surface area (Å²) in [6.45, 7) is 6.86. The average Bonchev–Trinajstić information content (AvgIpc) is 2.63. The molecule has 2 aliphatic rings. The van der Waals surface area contributed by atoms with Crippen LogP contribution in [0.15, 0.2) is 29.8 Å². The highest BCUT2D eigenvalue weighted by Gasteiger charge is 2.44. The van der Waals surface area contributed by atoms with Crippen LogP contribution in [0.3, 0.4) is 0 Å². The highest BCUT2D eigenvalue weighted by Crippen LogP contribution is 2.54. The highest BCUT2D eigenvalue weighted by atomic mass is 16.1. The molecule has 1 saturated carbocycles. The van der Waals surface area contributed by atoms with Crippen LogP contribution in [0.4, 0.5) is 0 Å². The normalized spacial score (nSPS) is 21.4. The molecule has 1 heteroatoms. The molecule has 1 aromatic carbocycles. The lowest BCUT2D eigenvalue weighted by molar-refractivity contribution is -0.121. The van der Waals surface area contributed by atoms with Crippen molar-refractivity contribution in [1.29, 1.82) is 0 Å². The van der Waals surface area contributed by atoms with Gasteiger partial charge in [-0.2, -0.15) is 0 Å². The lowest BCUT2D eigenvalue weighted by Gasteiger charge is -2.36. The number of carbonyl (C=O) groups excluding carboxylic acids is 1. The van der Waals surface area contributed by atoms with Crippen molar-refractivity contribution in [3.63, 3.8) is 0 Å². The SMILES string of the molecule is CC1=C(C(C)C)c2ccccc2C12CCC(=O)CC2. The van der Waals surface area contributed by atoms with Gasteiger partial charge in [0.15, 0.2) is 0 Å². The summed E-state index contributed by atoms with van der Waals surface area (Å²) >= 11 is 0. The number of ketones is 1. The molecule has 19 heavy (non-hydrogen) atoms. The predicted octanol–water partition coefficient (Wildman–Crippen LogP) is 4.51. The maximum Gasteiger partial charge on any atom is 0.133 e. The van der Waals surface area contributed by atoms with Crippen LogP contribution in [0.5, 0.6) is 0 Å². The minimum absolute atomic E-state index is 0.157. The Hall–Kier alpha value is -1.37. The van der Waals surface area contributed by atoms with E-state index in [1.165, 1.54) is 22.3 Å². The fraction of sp³-hybridized carbons (Fsp3) is 0.500. The van der Waals surface area contributed by atoms with E-state index in [-0.39, 0.29) is 5.41 Å². The molecule has 1 fully saturated rings. The molecule has 0 N–H and O–H groups in total. The lowest BCUT2D eigenvalue weighted by atomic mass is 9.67. The topological polar surface area (TPSA) is 17.1 Å². The van der Waals surface area contributed by atoms with E-state index in [1.54, 1.807) is 0 Å². The van der Waals surface area contributed by atoms with E-state index in [4.69, 9.17) is 0 Å². The van der Waals surface area contributed by atoms with Crippen LogP contribution in [0.1, 0.15) is 57.6 Å². The van der Waals surface area contributed by atoms with Crippen LogP contribution < -0.4 is 0 Å². The molecule has 0 atom stereocenters. The van der Waals surface area contributed by atoms with Crippen molar-refractivity contribution in [3.05, 3.63) is 41.0 Å². The summed E-state index contributed by atoms with van der Waals surface area (Å²) < 4.78 is 0. The Bertz CT molecular complexity index is 553. The molecule has 3 rings (SSSR count). The van der Waals surface area contributed by atoms with Crippen molar-refractivity contribution in [2.45, 2.75) is 51.9 Å². The second-order valence-corrected chi connectivity index (χ2v) is 6.36. The van der Waals surface area contributed by atoms with Gasteiger partial charge in [-0.3, -0.25) is 4.79 Å². The molecule has 1 spiro atoms. The zero-order valence-corrected chi connectivity index (χ0v) is 12.1. The van der Waals surface area contributed by atoms with Crippen molar-refractivity contribution in [3.8, 4) is 0 Å². The van der Waals surface area contributed by atoms with Crippen LogP contribution in [0.2, 0.25) is 0 Å². The lowest BCUT2D eigenvalue weighted by Crippen LogP contribution is -2.31. The van der Waals surface area contributed by atoms with Crippen molar-refractivity contribution in [2.24, 2.45) is 5.92 Å². The highest BCUT2D eigenvalue weighted by molar-refractivity contribution is 5.85. The first-order valence-electron chi connectivity index (χ1n) is 7.39. The van der Waals surface area contributed by atoms with Crippen LogP contribution in [0.25, 0.3) is 5.57 Å². The molecule has 0 heterocycles. The van der Waals surface area contributed by atoms with Crippen LogP contribution in [-0.2, 0) is 10.2 Å². The monoisotopic (exact) mass is 254 g/mol. The zero-order chi connectivity index (χ0) is 13.6. The van der Waals surface area contributed by atoms with E-state index in [2.05, 4.69) is 45.0 Å². The molecule has 0 amide bonds. The number of rotatable bonds is 1. The number of hydrogen-bond donors (Lipinski definition) is 0. The predicted molar refractivity (Wildman–Crippen MR) is 79.0 cm³/mol. The number of allylic oxidation sites excluding steroid dienone is 2. The number of fused-ring (bicyclic) bond motifs is 2. The Morgan fingerprint density at radius 3 is 2.37 bits per heavy atom. The fourth-order valence-corrected chi connectivity index (χ4v) is 4.14. The molecule has 0 radical (unpaired) electrons. The minimum Gasteiger partial charge on any atom is -0.300 e. The van der Waals surface area contributed by atoms with E-state index in [0.29, 0.717) is 11.7 Å². The smallest absolute Gasteiger partial charge is 0.133 e. The quantitative estimate of drug-likeness (QED) is 0.720. The van der Waals surface area contributed by atoms with E-state index < -0.39 is 0 Å². The Labute approximate surface area is 115 Å². The first-order valence-corrected chi connectivity index (χ1v) is 7.39. The van der Waals surface area contributed by atoms with E-state index in [1.807, 2.05) is 0 Å². The second-order valence-electron chi connectivity index (χ2n) is 6.36. The van der Waals surface area contributed by atoms with Gasteiger partial charge in [0.25, 0.3) is 0 Å². The summed E-state index contributed by atoms with van der Waals surface area (Å²) in [6, 6.07) is 8.83. The summed E-state index contributed by atoms with van der Waals surface area (Å²) in [5.41, 5.74) is 6.11. The third kappa shape index (κ3) is 1.71. The fourth-order valence-electron chi connectivity index (χ4n) is 4.14. The summed E-state index contributed by atoms with van der Waals surface area (Å²) in [5, 5.41) is 0. The van der Waals surface area contributed by atoms with Gasteiger partial charge in [0, 0.05) is 18.3 Å². The van der Waals surface area contributed by atoms with Gasteiger partial charge in [0.1, 0.15) is 5.78 Å². The van der Waals surface area contributed by atoms with Gasteiger partial charge >= 0.3 is 0 Å². The maximum atomic E-state index is 11.6. The molecule has 1 nitrogen and oxygen atoms in total. The summed E-state index contributed by atoms with van der Waals surface area (Å²) in [6.07, 6.45) is 3.50. The van der Waals surface area contributed by atoms with Gasteiger partial charge in [-0.25, -0.2) is 0 Å². The van der Waals surface area contributed by atoms with Gasteiger partial charge in [-0.1, -0.05) is 43.7 Å². The van der Waals surface area contributed by atoms with Gasteiger partial charge < -0.3 is 0 Å². The molecule has 0 bridgehead atoms. The maximum absolute atomic E-state index is 11.6. The standard InChI is InChI=1S/C18H22O/c1-12(2)17-13(3)18(10-8-14(19)9-11-18)16-7-5-4-6-15(16)17/h4-7,12H,8-11H2,1-3H3. The van der Waals surface area contributed by atoms with E-state index in [9.17, 15) is 4.79 Å².